The number of halogens is 1. The summed E-state index contributed by atoms with van der Waals surface area (Å²) in [6.07, 6.45) is 11.7. The molecule has 0 aromatic heterocycles. The van der Waals surface area contributed by atoms with Crippen LogP contribution >= 0.6 is 15.9 Å². The highest BCUT2D eigenvalue weighted by Gasteiger charge is 2.44. The molecular formula is C35H38BrN2O2+. The number of carbonyl (C=O) groups is 1. The molecule has 2 heterocycles. The second-order valence-corrected chi connectivity index (χ2v) is 12.4. The molecule has 0 bridgehead atoms. The van der Waals surface area contributed by atoms with Crippen molar-refractivity contribution in [2.45, 2.75) is 51.9 Å². The van der Waals surface area contributed by atoms with Crippen LogP contribution in [-0.2, 0) is 20.4 Å². The van der Waals surface area contributed by atoms with E-state index in [0.717, 1.165) is 24.0 Å². The van der Waals surface area contributed by atoms with Crippen molar-refractivity contribution in [3.05, 3.63) is 106 Å². The van der Waals surface area contributed by atoms with Gasteiger partial charge in [-0.2, -0.15) is 4.58 Å². The minimum absolute atomic E-state index is 0.0993. The van der Waals surface area contributed by atoms with Gasteiger partial charge in [0.15, 0.2) is 12.3 Å². The number of fused-ring (bicyclic) bond motifs is 4. The Bertz CT molecular complexity index is 1580. The van der Waals surface area contributed by atoms with Gasteiger partial charge in [0.25, 0.3) is 6.47 Å². The maximum Gasteiger partial charge on any atom is 0.293 e. The van der Waals surface area contributed by atoms with E-state index in [1.807, 2.05) is 0 Å². The molecule has 0 amide bonds. The van der Waals surface area contributed by atoms with E-state index in [9.17, 15) is 4.79 Å². The summed E-state index contributed by atoms with van der Waals surface area (Å²) >= 11 is 3.65. The third kappa shape index (κ3) is 4.85. The normalized spacial score (nSPS) is 18.4. The second-order valence-electron chi connectivity index (χ2n) is 11.5. The smallest absolute Gasteiger partial charge is 0.293 e. The fourth-order valence-corrected chi connectivity index (χ4v) is 6.84. The number of ether oxygens (including phenoxy) is 1. The monoisotopic (exact) mass is 597 g/mol. The summed E-state index contributed by atoms with van der Waals surface area (Å²) in [7, 11) is 0. The lowest BCUT2D eigenvalue weighted by atomic mass is 9.81. The fraction of sp³-hybridized carbons (Fsp3) is 0.314. The zero-order valence-corrected chi connectivity index (χ0v) is 25.7. The molecule has 2 aliphatic heterocycles. The van der Waals surface area contributed by atoms with E-state index in [1.54, 1.807) is 0 Å². The number of rotatable bonds is 9. The summed E-state index contributed by atoms with van der Waals surface area (Å²) in [6.45, 7) is 14.1. The van der Waals surface area contributed by atoms with Gasteiger partial charge in [-0.1, -0.05) is 78.3 Å². The molecule has 0 fully saturated rings. The number of carbonyl (C=O) groups excluding carboxylic acids is 1. The maximum atomic E-state index is 10.6. The molecule has 206 valence electrons. The lowest BCUT2D eigenvalue weighted by Gasteiger charge is -2.26. The molecule has 0 radical (unpaired) electrons. The number of likely N-dealkylation sites (N-methyl/N-ethyl adjacent to an activating group) is 1. The Balaban J connectivity index is 1.45. The number of hydrogen-bond acceptors (Lipinski definition) is 3. The minimum atomic E-state index is -0.150. The van der Waals surface area contributed by atoms with Crippen LogP contribution in [0.3, 0.4) is 0 Å². The largest absolute Gasteiger partial charge is 0.468 e. The summed E-state index contributed by atoms with van der Waals surface area (Å²) in [6, 6.07) is 19.7. The number of anilines is 1. The molecular weight excluding hydrogens is 560 g/mol. The van der Waals surface area contributed by atoms with Crippen LogP contribution in [-0.4, -0.2) is 36.5 Å². The topological polar surface area (TPSA) is 32.5 Å². The van der Waals surface area contributed by atoms with Gasteiger partial charge < -0.3 is 9.64 Å². The quantitative estimate of drug-likeness (QED) is 0.107. The van der Waals surface area contributed by atoms with Gasteiger partial charge in [0.2, 0.25) is 5.69 Å². The van der Waals surface area contributed by atoms with Crippen molar-refractivity contribution in [2.75, 3.05) is 24.6 Å². The lowest BCUT2D eigenvalue weighted by molar-refractivity contribution is -0.438. The third-order valence-corrected chi connectivity index (χ3v) is 8.86. The Morgan fingerprint density at radius 3 is 2.55 bits per heavy atom. The van der Waals surface area contributed by atoms with Gasteiger partial charge in [0.05, 0.1) is 12.0 Å². The molecule has 0 atom stereocenters. The predicted octanol–water partition coefficient (Wildman–Crippen LogP) is 8.36. The number of benzene rings is 3. The van der Waals surface area contributed by atoms with Gasteiger partial charge in [0.1, 0.15) is 0 Å². The molecule has 5 heteroatoms. The molecule has 0 N–H and O–H groups in total. The average Bonchev–Trinajstić information content (AvgIpc) is 3.29. The van der Waals surface area contributed by atoms with Gasteiger partial charge >= 0.3 is 0 Å². The second kappa shape index (κ2) is 11.2. The summed E-state index contributed by atoms with van der Waals surface area (Å²) in [5.41, 5.74) is 7.52. The predicted molar refractivity (Wildman–Crippen MR) is 170 cm³/mol. The fourth-order valence-electron chi connectivity index (χ4n) is 6.48. The van der Waals surface area contributed by atoms with Crippen molar-refractivity contribution in [3.63, 3.8) is 0 Å². The Kier molecular flexibility index (Phi) is 7.87. The van der Waals surface area contributed by atoms with Crippen molar-refractivity contribution in [2.24, 2.45) is 0 Å². The molecule has 2 aliphatic rings. The summed E-state index contributed by atoms with van der Waals surface area (Å²) in [5.74, 6) is 0. The molecule has 0 spiro atoms. The zero-order valence-electron chi connectivity index (χ0n) is 24.1. The first kappa shape index (κ1) is 28.1. The van der Waals surface area contributed by atoms with Crippen LogP contribution in [0.2, 0.25) is 0 Å². The van der Waals surface area contributed by atoms with E-state index in [1.165, 1.54) is 44.7 Å². The van der Waals surface area contributed by atoms with Gasteiger partial charge in [0, 0.05) is 51.9 Å². The Hall–Kier alpha value is -3.44. The van der Waals surface area contributed by atoms with Crippen molar-refractivity contribution >= 4 is 50.3 Å². The van der Waals surface area contributed by atoms with Gasteiger partial charge in [-0.25, -0.2) is 0 Å². The number of hydrogen-bond donors (Lipinski definition) is 0. The van der Waals surface area contributed by atoms with E-state index in [2.05, 4.69) is 145 Å². The lowest BCUT2D eigenvalue weighted by Crippen LogP contribution is -2.28. The van der Waals surface area contributed by atoms with Crippen molar-refractivity contribution in [3.8, 4) is 0 Å². The molecule has 0 saturated carbocycles. The van der Waals surface area contributed by atoms with Gasteiger partial charge in [-0.05, 0) is 61.4 Å². The summed E-state index contributed by atoms with van der Waals surface area (Å²) in [5, 5.41) is 2.62. The maximum absolute atomic E-state index is 10.6. The number of nitrogens with zero attached hydrogens (tertiary/aromatic N) is 2. The van der Waals surface area contributed by atoms with Crippen LogP contribution in [0, 0.1) is 0 Å². The van der Waals surface area contributed by atoms with Crippen LogP contribution in [0.5, 0.6) is 0 Å². The Labute approximate surface area is 246 Å². The highest BCUT2D eigenvalue weighted by Crippen LogP contribution is 2.50. The Morgan fingerprint density at radius 2 is 1.77 bits per heavy atom. The van der Waals surface area contributed by atoms with Gasteiger partial charge in [-0.3, -0.25) is 4.79 Å². The SMILES string of the molecule is CCN1/C(=C/C=C/C=C/C2=[N+](CCCOC=O)c3ccc(Br)cc3C2(C)C)C(C)(C)c2c1ccc1ccccc21. The van der Waals surface area contributed by atoms with Crippen LogP contribution in [0.25, 0.3) is 10.8 Å². The van der Waals surface area contributed by atoms with E-state index >= 15 is 0 Å². The molecule has 0 aliphatic carbocycles. The molecule has 0 saturated heterocycles. The average molecular weight is 599 g/mol. The van der Waals surface area contributed by atoms with E-state index in [-0.39, 0.29) is 10.8 Å². The summed E-state index contributed by atoms with van der Waals surface area (Å²) < 4.78 is 8.41. The first-order valence-corrected chi connectivity index (χ1v) is 14.9. The summed E-state index contributed by atoms with van der Waals surface area (Å²) in [4.78, 5) is 13.1. The van der Waals surface area contributed by atoms with Crippen molar-refractivity contribution < 1.29 is 14.1 Å². The molecule has 5 rings (SSSR count). The van der Waals surface area contributed by atoms with Crippen LogP contribution in [0.15, 0.2) is 95.1 Å². The number of allylic oxidation sites excluding steroid dienone is 6. The van der Waals surface area contributed by atoms with Crippen LogP contribution < -0.4 is 4.90 Å². The molecule has 3 aromatic carbocycles. The molecule has 4 nitrogen and oxygen atoms in total. The molecule has 3 aromatic rings. The zero-order chi connectivity index (χ0) is 28.5. The third-order valence-electron chi connectivity index (χ3n) is 8.37. The van der Waals surface area contributed by atoms with E-state index in [0.29, 0.717) is 13.1 Å². The van der Waals surface area contributed by atoms with E-state index in [4.69, 9.17) is 4.74 Å². The Morgan fingerprint density at radius 1 is 0.975 bits per heavy atom. The molecule has 40 heavy (non-hydrogen) atoms. The van der Waals surface area contributed by atoms with E-state index < -0.39 is 0 Å². The van der Waals surface area contributed by atoms with Crippen LogP contribution in [0.1, 0.15) is 52.2 Å². The first-order chi connectivity index (χ1) is 19.2. The highest BCUT2D eigenvalue weighted by atomic mass is 79.9. The molecule has 0 unspecified atom stereocenters. The van der Waals surface area contributed by atoms with Crippen molar-refractivity contribution in [1.82, 2.24) is 0 Å². The first-order valence-electron chi connectivity index (χ1n) is 14.1. The highest BCUT2D eigenvalue weighted by molar-refractivity contribution is 9.10. The van der Waals surface area contributed by atoms with Crippen molar-refractivity contribution in [1.29, 1.82) is 0 Å². The van der Waals surface area contributed by atoms with Crippen LogP contribution in [0.4, 0.5) is 11.4 Å². The minimum Gasteiger partial charge on any atom is -0.468 e. The van der Waals surface area contributed by atoms with Gasteiger partial charge in [-0.15, -0.1) is 0 Å². The standard InChI is InChI=1S/C35H38BrN2O2/c1-6-37-30-19-17-25-13-10-11-14-27(25)33(30)35(4,5)32(37)16-9-7-8-15-31-34(2,3)28-23-26(36)18-20-29(28)38(31)21-12-22-40-24-39/h7-11,13-20,23-24H,6,12,21-22H2,1-5H3/q+1.